The summed E-state index contributed by atoms with van der Waals surface area (Å²) >= 11 is 0. The fraction of sp³-hybridized carbons (Fsp3) is 0.167. The molecule has 0 spiro atoms. The molecule has 0 radical (unpaired) electrons. The largest absolute Gasteiger partial charge is 0.311 e. The average Bonchev–Trinajstić information content (AvgIpc) is 2.81. The van der Waals surface area contributed by atoms with Crippen LogP contribution in [0.3, 0.4) is 0 Å². The van der Waals surface area contributed by atoms with Crippen LogP contribution in [-0.2, 0) is 0 Å². The Balaban J connectivity index is 2.22. The van der Waals surface area contributed by atoms with Crippen molar-refractivity contribution >= 4 is 11.6 Å². The number of aromatic nitrogens is 2. The first-order chi connectivity index (χ1) is 7.68. The Labute approximate surface area is 93.9 Å². The van der Waals surface area contributed by atoms with Gasteiger partial charge in [-0.1, -0.05) is 17.7 Å². The highest BCUT2D eigenvalue weighted by molar-refractivity contribution is 6.05. The predicted octanol–water partition coefficient (Wildman–Crippen LogP) is 1.99. The van der Waals surface area contributed by atoms with Gasteiger partial charge < -0.3 is 4.90 Å². The number of nitrogens with one attached hydrogen (secondary N) is 1. The van der Waals surface area contributed by atoms with Crippen LogP contribution < -0.4 is 4.90 Å². The Morgan fingerprint density at radius 1 is 1.31 bits per heavy atom. The molecule has 82 valence electrons. The van der Waals surface area contributed by atoms with Crippen LogP contribution in [0, 0.1) is 6.92 Å². The number of hydrogen-bond donors (Lipinski definition) is 1. The summed E-state index contributed by atoms with van der Waals surface area (Å²) in [6, 6.07) is 7.81. The summed E-state index contributed by atoms with van der Waals surface area (Å²) in [7, 11) is 1.75. The molecule has 2 rings (SSSR count). The van der Waals surface area contributed by atoms with Gasteiger partial charge in [-0.15, -0.1) is 0 Å². The summed E-state index contributed by atoms with van der Waals surface area (Å²) < 4.78 is 0. The lowest BCUT2D eigenvalue weighted by Crippen LogP contribution is -2.25. The van der Waals surface area contributed by atoms with E-state index in [2.05, 4.69) is 10.2 Å². The van der Waals surface area contributed by atoms with Gasteiger partial charge in [0.05, 0.1) is 11.8 Å². The third kappa shape index (κ3) is 1.95. The van der Waals surface area contributed by atoms with E-state index in [1.54, 1.807) is 18.1 Å². The lowest BCUT2D eigenvalue weighted by atomic mass is 10.2. The molecule has 4 heteroatoms. The molecule has 2 aromatic rings. The Kier molecular flexibility index (Phi) is 2.72. The van der Waals surface area contributed by atoms with Crippen molar-refractivity contribution in [3.8, 4) is 0 Å². The summed E-state index contributed by atoms with van der Waals surface area (Å²) in [6.07, 6.45) is 3.11. The third-order valence-corrected chi connectivity index (χ3v) is 2.47. The molecule has 0 bridgehead atoms. The van der Waals surface area contributed by atoms with Gasteiger partial charge in [0.25, 0.3) is 5.91 Å². The van der Waals surface area contributed by atoms with E-state index in [9.17, 15) is 4.79 Å². The molecule has 16 heavy (non-hydrogen) atoms. The zero-order chi connectivity index (χ0) is 11.5. The number of benzene rings is 1. The van der Waals surface area contributed by atoms with Gasteiger partial charge in [-0.05, 0) is 19.1 Å². The van der Waals surface area contributed by atoms with Crippen molar-refractivity contribution in [1.29, 1.82) is 0 Å². The van der Waals surface area contributed by atoms with E-state index in [1.165, 1.54) is 11.8 Å². The number of amides is 1. The maximum absolute atomic E-state index is 12.0. The second-order valence-electron chi connectivity index (χ2n) is 3.69. The van der Waals surface area contributed by atoms with E-state index < -0.39 is 0 Å². The maximum atomic E-state index is 12.0. The van der Waals surface area contributed by atoms with E-state index in [1.807, 2.05) is 31.2 Å². The minimum absolute atomic E-state index is 0.0717. The summed E-state index contributed by atoms with van der Waals surface area (Å²) in [5.41, 5.74) is 2.60. The Hall–Kier alpha value is -2.10. The van der Waals surface area contributed by atoms with E-state index in [0.717, 1.165) is 5.69 Å². The number of carbonyl (C=O) groups excluding carboxylic acids is 1. The number of rotatable bonds is 2. The lowest BCUT2D eigenvalue weighted by Gasteiger charge is -2.16. The molecule has 0 fully saturated rings. The minimum atomic E-state index is -0.0717. The van der Waals surface area contributed by atoms with Crippen molar-refractivity contribution in [3.63, 3.8) is 0 Å². The van der Waals surface area contributed by atoms with Crippen LogP contribution in [0.2, 0.25) is 0 Å². The number of aromatic amines is 1. The van der Waals surface area contributed by atoms with Crippen molar-refractivity contribution < 1.29 is 4.79 Å². The molecule has 1 heterocycles. The fourth-order valence-electron chi connectivity index (χ4n) is 1.45. The van der Waals surface area contributed by atoms with Crippen LogP contribution in [0.5, 0.6) is 0 Å². The monoisotopic (exact) mass is 215 g/mol. The molecule has 0 aliphatic carbocycles. The van der Waals surface area contributed by atoms with Gasteiger partial charge in [0.2, 0.25) is 0 Å². The molecule has 0 saturated carbocycles. The number of anilines is 1. The molecular formula is C12H13N3O. The lowest BCUT2D eigenvalue weighted by molar-refractivity contribution is 0.0993. The van der Waals surface area contributed by atoms with Gasteiger partial charge >= 0.3 is 0 Å². The van der Waals surface area contributed by atoms with Crippen molar-refractivity contribution in [2.75, 3.05) is 11.9 Å². The minimum Gasteiger partial charge on any atom is -0.311 e. The fourth-order valence-corrected chi connectivity index (χ4v) is 1.45. The molecule has 1 N–H and O–H groups in total. The molecule has 1 aromatic heterocycles. The summed E-state index contributed by atoms with van der Waals surface area (Å²) in [6.45, 7) is 2.02. The van der Waals surface area contributed by atoms with Crippen LogP contribution in [0.25, 0.3) is 0 Å². The molecule has 1 aromatic carbocycles. The maximum Gasteiger partial charge on any atom is 0.261 e. The molecule has 0 aliphatic heterocycles. The van der Waals surface area contributed by atoms with Crippen LogP contribution in [0.4, 0.5) is 5.69 Å². The highest BCUT2D eigenvalue weighted by Gasteiger charge is 2.13. The second-order valence-corrected chi connectivity index (χ2v) is 3.69. The number of carbonyl (C=O) groups is 1. The summed E-state index contributed by atoms with van der Waals surface area (Å²) in [5, 5.41) is 6.39. The van der Waals surface area contributed by atoms with Gasteiger partial charge in [0, 0.05) is 18.9 Å². The third-order valence-electron chi connectivity index (χ3n) is 2.47. The molecular weight excluding hydrogens is 202 g/mol. The van der Waals surface area contributed by atoms with Gasteiger partial charge in [0.15, 0.2) is 0 Å². The Morgan fingerprint density at radius 3 is 2.56 bits per heavy atom. The number of aryl methyl sites for hydroxylation is 1. The normalized spacial score (nSPS) is 10.1. The highest BCUT2D eigenvalue weighted by atomic mass is 16.2. The first-order valence-corrected chi connectivity index (χ1v) is 5.02. The van der Waals surface area contributed by atoms with Crippen molar-refractivity contribution in [1.82, 2.24) is 10.2 Å². The molecule has 1 amide bonds. The molecule has 4 nitrogen and oxygen atoms in total. The quantitative estimate of drug-likeness (QED) is 0.832. The Bertz CT molecular complexity index is 473. The van der Waals surface area contributed by atoms with Gasteiger partial charge in [0.1, 0.15) is 0 Å². The van der Waals surface area contributed by atoms with Crippen LogP contribution in [-0.4, -0.2) is 23.2 Å². The summed E-state index contributed by atoms with van der Waals surface area (Å²) in [4.78, 5) is 13.6. The molecule has 0 aliphatic rings. The van der Waals surface area contributed by atoms with Crippen LogP contribution in [0.1, 0.15) is 15.9 Å². The van der Waals surface area contributed by atoms with Crippen LogP contribution >= 0.6 is 0 Å². The molecule has 0 unspecified atom stereocenters. The second kappa shape index (κ2) is 4.18. The number of nitrogens with zero attached hydrogens (tertiary/aromatic N) is 2. The zero-order valence-electron chi connectivity index (χ0n) is 9.27. The zero-order valence-corrected chi connectivity index (χ0v) is 9.27. The number of H-pyrrole nitrogens is 1. The smallest absolute Gasteiger partial charge is 0.261 e. The summed E-state index contributed by atoms with van der Waals surface area (Å²) in [5.74, 6) is -0.0717. The number of hydrogen-bond acceptors (Lipinski definition) is 2. The SMILES string of the molecule is Cc1ccc(N(C)C(=O)c2cn[nH]c2)cc1. The predicted molar refractivity (Wildman–Crippen MR) is 62.5 cm³/mol. The van der Waals surface area contributed by atoms with Crippen LogP contribution in [0.15, 0.2) is 36.7 Å². The van der Waals surface area contributed by atoms with E-state index in [4.69, 9.17) is 0 Å². The Morgan fingerprint density at radius 2 is 2.00 bits per heavy atom. The highest BCUT2D eigenvalue weighted by Crippen LogP contribution is 2.15. The van der Waals surface area contributed by atoms with E-state index in [-0.39, 0.29) is 5.91 Å². The van der Waals surface area contributed by atoms with E-state index in [0.29, 0.717) is 5.56 Å². The first kappa shape index (κ1) is 10.4. The first-order valence-electron chi connectivity index (χ1n) is 5.02. The van der Waals surface area contributed by atoms with Gasteiger partial charge in [-0.3, -0.25) is 9.89 Å². The average molecular weight is 215 g/mol. The van der Waals surface area contributed by atoms with E-state index >= 15 is 0 Å². The standard InChI is InChI=1S/C12H13N3O/c1-9-3-5-11(6-4-9)15(2)12(16)10-7-13-14-8-10/h3-8H,1-2H3,(H,13,14). The van der Waals surface area contributed by atoms with Crippen molar-refractivity contribution in [2.45, 2.75) is 6.92 Å². The van der Waals surface area contributed by atoms with Crippen molar-refractivity contribution in [3.05, 3.63) is 47.8 Å². The van der Waals surface area contributed by atoms with Gasteiger partial charge in [-0.2, -0.15) is 5.10 Å². The van der Waals surface area contributed by atoms with Gasteiger partial charge in [-0.25, -0.2) is 0 Å². The molecule has 0 saturated heterocycles. The topological polar surface area (TPSA) is 49.0 Å². The van der Waals surface area contributed by atoms with Crippen molar-refractivity contribution in [2.24, 2.45) is 0 Å². The molecule has 0 atom stereocenters.